The molecule has 0 aliphatic rings. The summed E-state index contributed by atoms with van der Waals surface area (Å²) >= 11 is 0. The second-order valence-electron chi connectivity index (χ2n) is 6.78. The Labute approximate surface area is 179 Å². The molecule has 0 fully saturated rings. The Hall–Kier alpha value is -4.55. The quantitative estimate of drug-likeness (QED) is 0.281. The van der Waals surface area contributed by atoms with Gasteiger partial charge in [0, 0.05) is 17.7 Å². The van der Waals surface area contributed by atoms with Crippen LogP contribution >= 0.6 is 0 Å². The first-order valence-electron chi connectivity index (χ1n) is 9.30. The summed E-state index contributed by atoms with van der Waals surface area (Å²) in [6.07, 6.45) is -0.632. The molecule has 0 unspecified atom stereocenters. The molecule has 3 aromatic rings. The van der Waals surface area contributed by atoms with Crippen LogP contribution in [0.3, 0.4) is 0 Å². The molecule has 0 saturated carbocycles. The van der Waals surface area contributed by atoms with Gasteiger partial charge in [-0.05, 0) is 37.6 Å². The van der Waals surface area contributed by atoms with Gasteiger partial charge in [-0.15, -0.1) is 0 Å². The maximum Gasteiger partial charge on any atom is 0.326 e. The van der Waals surface area contributed by atoms with Gasteiger partial charge < -0.3 is 26.6 Å². The van der Waals surface area contributed by atoms with Gasteiger partial charge in [-0.25, -0.2) is 14.8 Å². The number of amides is 1. The Balaban J connectivity index is 1.75. The number of aliphatic carboxylic acids is 2. The van der Waals surface area contributed by atoms with Gasteiger partial charge in [0.15, 0.2) is 17.0 Å². The first-order valence-corrected chi connectivity index (χ1v) is 9.30. The minimum atomic E-state index is -1.33. The van der Waals surface area contributed by atoms with Gasteiger partial charge in [-0.1, -0.05) is 0 Å². The van der Waals surface area contributed by atoms with E-state index >= 15 is 0 Å². The SMILES string of the molecule is Cc1nc2nc(N)[nH]c(=O)c2nc1Nc1ccc(C(=O)N[C@@H](CCC(=O)O)C(=O)O)cc1. The molecule has 1 aromatic carbocycles. The number of hydrogen-bond donors (Lipinski definition) is 6. The number of carbonyl (C=O) groups excluding carboxylic acids is 1. The van der Waals surface area contributed by atoms with Crippen LogP contribution in [-0.2, 0) is 9.59 Å². The van der Waals surface area contributed by atoms with E-state index in [2.05, 4.69) is 30.6 Å². The molecule has 0 radical (unpaired) electrons. The fourth-order valence-electron chi connectivity index (χ4n) is 2.78. The van der Waals surface area contributed by atoms with E-state index in [-0.39, 0.29) is 29.1 Å². The normalized spacial score (nSPS) is 11.7. The number of aromatic nitrogens is 4. The van der Waals surface area contributed by atoms with Gasteiger partial charge in [-0.3, -0.25) is 19.4 Å². The monoisotopic (exact) mass is 441 g/mol. The molecule has 0 spiro atoms. The zero-order valence-corrected chi connectivity index (χ0v) is 16.7. The molecule has 3 rings (SSSR count). The van der Waals surface area contributed by atoms with Crippen molar-refractivity contribution in [2.45, 2.75) is 25.8 Å². The molecular formula is C19H19N7O6. The molecule has 2 aromatic heterocycles. The predicted octanol–water partition coefficient (Wildman–Crippen LogP) is 0.395. The number of nitrogens with two attached hydrogens (primary N) is 1. The average Bonchev–Trinajstić information content (AvgIpc) is 2.72. The summed E-state index contributed by atoms with van der Waals surface area (Å²) in [5, 5.41) is 23.1. The highest BCUT2D eigenvalue weighted by Gasteiger charge is 2.21. The number of nitrogens with zero attached hydrogens (tertiary/aromatic N) is 3. The van der Waals surface area contributed by atoms with E-state index in [9.17, 15) is 19.2 Å². The number of aryl methyl sites for hydroxylation is 1. The van der Waals surface area contributed by atoms with Crippen LogP contribution < -0.4 is 21.9 Å². The van der Waals surface area contributed by atoms with Crippen LogP contribution in [-0.4, -0.2) is 54.0 Å². The van der Waals surface area contributed by atoms with Gasteiger partial charge in [0.1, 0.15) is 6.04 Å². The van der Waals surface area contributed by atoms with E-state index < -0.39 is 35.9 Å². The molecule has 0 aliphatic carbocycles. The van der Waals surface area contributed by atoms with E-state index in [0.29, 0.717) is 17.2 Å². The van der Waals surface area contributed by atoms with Crippen molar-refractivity contribution in [2.24, 2.45) is 0 Å². The number of aromatic amines is 1. The molecule has 2 heterocycles. The number of fused-ring (bicyclic) bond motifs is 1. The third-order valence-corrected chi connectivity index (χ3v) is 4.39. The molecule has 7 N–H and O–H groups in total. The lowest BCUT2D eigenvalue weighted by molar-refractivity contribution is -0.140. The van der Waals surface area contributed by atoms with E-state index in [4.69, 9.17) is 15.9 Å². The molecular weight excluding hydrogens is 422 g/mol. The Kier molecular flexibility index (Phi) is 6.28. The summed E-state index contributed by atoms with van der Waals surface area (Å²) in [5.41, 5.74) is 6.25. The first-order chi connectivity index (χ1) is 15.1. The summed E-state index contributed by atoms with van der Waals surface area (Å²) < 4.78 is 0. The number of rotatable bonds is 8. The molecule has 0 saturated heterocycles. The minimum Gasteiger partial charge on any atom is -0.481 e. The second-order valence-corrected chi connectivity index (χ2v) is 6.78. The Bertz CT molecular complexity index is 1260. The number of benzene rings is 1. The van der Waals surface area contributed by atoms with E-state index in [0.717, 1.165) is 0 Å². The average molecular weight is 441 g/mol. The highest BCUT2D eigenvalue weighted by atomic mass is 16.4. The summed E-state index contributed by atoms with van der Waals surface area (Å²) in [5.74, 6) is -2.92. The summed E-state index contributed by atoms with van der Waals surface area (Å²) in [6, 6.07) is 4.68. The number of carboxylic acid groups (broad SMARTS) is 2. The third-order valence-electron chi connectivity index (χ3n) is 4.39. The van der Waals surface area contributed by atoms with Crippen molar-refractivity contribution in [1.82, 2.24) is 25.3 Å². The lowest BCUT2D eigenvalue weighted by Crippen LogP contribution is -2.41. The standard InChI is InChI=1S/C19H19N7O6/c1-8-14(24-13-15(21-8)25-19(20)26-17(13)30)22-10-4-2-9(3-5-10)16(29)23-11(18(31)32)6-7-12(27)28/h2-5,11H,6-7H2,1H3,(H,22,24)(H,23,29)(H,27,28)(H,31,32)(H3,20,21,25,26,30)/t11-/m0/s1. The molecule has 13 heteroatoms. The maximum atomic E-state index is 12.3. The van der Waals surface area contributed by atoms with Crippen molar-refractivity contribution < 1.29 is 24.6 Å². The van der Waals surface area contributed by atoms with E-state index in [1.165, 1.54) is 12.1 Å². The lowest BCUT2D eigenvalue weighted by Gasteiger charge is -2.14. The molecule has 1 atom stereocenters. The highest BCUT2D eigenvalue weighted by molar-refractivity contribution is 5.97. The van der Waals surface area contributed by atoms with Crippen LogP contribution in [0.4, 0.5) is 17.5 Å². The van der Waals surface area contributed by atoms with E-state index in [1.807, 2.05) is 0 Å². The second kappa shape index (κ2) is 9.07. The van der Waals surface area contributed by atoms with Gasteiger partial charge in [-0.2, -0.15) is 4.98 Å². The Morgan fingerprint density at radius 1 is 1.12 bits per heavy atom. The number of nitrogens with one attached hydrogen (secondary N) is 3. The van der Waals surface area contributed by atoms with Crippen LogP contribution in [0.25, 0.3) is 11.2 Å². The van der Waals surface area contributed by atoms with Crippen LogP contribution in [0.2, 0.25) is 0 Å². The van der Waals surface area contributed by atoms with Crippen molar-refractivity contribution in [3.8, 4) is 0 Å². The number of anilines is 3. The zero-order chi connectivity index (χ0) is 23.4. The molecule has 32 heavy (non-hydrogen) atoms. The van der Waals surface area contributed by atoms with Crippen molar-refractivity contribution in [3.05, 3.63) is 45.9 Å². The largest absolute Gasteiger partial charge is 0.481 e. The highest BCUT2D eigenvalue weighted by Crippen LogP contribution is 2.19. The number of H-pyrrole nitrogens is 1. The number of carbonyl (C=O) groups is 3. The maximum absolute atomic E-state index is 12.3. The number of carboxylic acids is 2. The molecule has 13 nitrogen and oxygen atoms in total. The van der Waals surface area contributed by atoms with E-state index in [1.54, 1.807) is 19.1 Å². The van der Waals surface area contributed by atoms with Crippen LogP contribution in [0.15, 0.2) is 29.1 Å². The smallest absolute Gasteiger partial charge is 0.326 e. The van der Waals surface area contributed by atoms with Crippen LogP contribution in [0.1, 0.15) is 28.9 Å². The van der Waals surface area contributed by atoms with Crippen LogP contribution in [0.5, 0.6) is 0 Å². The van der Waals surface area contributed by atoms with Crippen molar-refractivity contribution in [1.29, 1.82) is 0 Å². The third kappa shape index (κ3) is 5.13. The minimum absolute atomic E-state index is 0.00405. The summed E-state index contributed by atoms with van der Waals surface area (Å²) in [4.78, 5) is 61.0. The first kappa shape index (κ1) is 22.1. The van der Waals surface area contributed by atoms with Gasteiger partial charge in [0.05, 0.1) is 5.69 Å². The van der Waals surface area contributed by atoms with Gasteiger partial charge in [0.25, 0.3) is 11.5 Å². The topological polar surface area (TPSA) is 213 Å². The fraction of sp³-hybridized carbons (Fsp3) is 0.211. The predicted molar refractivity (Wildman–Crippen MR) is 113 cm³/mol. The fourth-order valence-corrected chi connectivity index (χ4v) is 2.78. The van der Waals surface area contributed by atoms with Crippen molar-refractivity contribution in [3.63, 3.8) is 0 Å². The summed E-state index contributed by atoms with van der Waals surface area (Å²) in [7, 11) is 0. The van der Waals surface area contributed by atoms with Gasteiger partial charge >= 0.3 is 11.9 Å². The number of nitrogen functional groups attached to an aromatic ring is 1. The zero-order valence-electron chi connectivity index (χ0n) is 16.7. The van der Waals surface area contributed by atoms with Gasteiger partial charge in [0.2, 0.25) is 5.95 Å². The van der Waals surface area contributed by atoms with Crippen molar-refractivity contribution >= 4 is 46.5 Å². The molecule has 1 amide bonds. The lowest BCUT2D eigenvalue weighted by atomic mass is 10.1. The molecule has 0 bridgehead atoms. The van der Waals surface area contributed by atoms with Crippen LogP contribution in [0, 0.1) is 6.92 Å². The number of hydrogen-bond acceptors (Lipinski definition) is 9. The molecule has 166 valence electrons. The molecule has 0 aliphatic heterocycles. The Morgan fingerprint density at radius 3 is 2.44 bits per heavy atom. The Morgan fingerprint density at radius 2 is 1.81 bits per heavy atom. The van der Waals surface area contributed by atoms with Crippen molar-refractivity contribution in [2.75, 3.05) is 11.1 Å². The summed E-state index contributed by atoms with van der Waals surface area (Å²) in [6.45, 7) is 1.67.